The van der Waals surface area contributed by atoms with Gasteiger partial charge >= 0.3 is 12.0 Å². The van der Waals surface area contributed by atoms with Gasteiger partial charge in [0, 0.05) is 17.8 Å². The van der Waals surface area contributed by atoms with Gasteiger partial charge in [-0.25, -0.2) is 15.0 Å². The smallest absolute Gasteiger partial charge is 0.338 e. The molecule has 4 rings (SSSR count). The minimum absolute atomic E-state index is 0.0252. The predicted octanol–water partition coefficient (Wildman–Crippen LogP) is 5.43. The summed E-state index contributed by atoms with van der Waals surface area (Å²) in [4.78, 5) is 47.8. The molecule has 47 heavy (non-hydrogen) atoms. The number of allylic oxidation sites excluding steroid dienone is 1. The molecule has 0 aromatic heterocycles. The van der Waals surface area contributed by atoms with Gasteiger partial charge < -0.3 is 29.6 Å². The van der Waals surface area contributed by atoms with Crippen LogP contribution in [0.15, 0.2) is 79.9 Å². The van der Waals surface area contributed by atoms with Crippen molar-refractivity contribution in [1.29, 1.82) is 0 Å². The number of ether oxygens (including phenoxy) is 4. The van der Waals surface area contributed by atoms with Crippen molar-refractivity contribution in [3.63, 3.8) is 0 Å². The highest BCUT2D eigenvalue weighted by molar-refractivity contribution is 9.11. The van der Waals surface area contributed by atoms with E-state index >= 15 is 0 Å². The molecule has 0 unspecified atom stereocenters. The number of hydrogen-bond acceptors (Lipinski definition) is 10. The van der Waals surface area contributed by atoms with Gasteiger partial charge in [-0.2, -0.15) is 5.10 Å². The summed E-state index contributed by atoms with van der Waals surface area (Å²) >= 11 is 6.91. The molecule has 3 aromatic rings. The number of carbonyl (C=O) groups excluding carboxylic acids is 3. The zero-order valence-electron chi connectivity index (χ0n) is 25.3. The van der Waals surface area contributed by atoms with Crippen molar-refractivity contribution in [1.82, 2.24) is 16.1 Å². The second kappa shape index (κ2) is 16.0. The first kappa shape index (κ1) is 34.9. The minimum atomic E-state index is -0.795. The highest BCUT2D eigenvalue weighted by Gasteiger charge is 2.32. The molecule has 0 saturated heterocycles. The van der Waals surface area contributed by atoms with E-state index in [1.807, 2.05) is 0 Å². The van der Waals surface area contributed by atoms with Crippen LogP contribution in [0, 0.1) is 10.1 Å². The Morgan fingerprint density at radius 3 is 2.51 bits per heavy atom. The lowest BCUT2D eigenvalue weighted by Crippen LogP contribution is -2.45. The molecule has 1 atom stereocenters. The summed E-state index contributed by atoms with van der Waals surface area (Å²) in [6, 6.07) is 13.1. The van der Waals surface area contributed by atoms with Crippen LogP contribution >= 0.6 is 31.9 Å². The number of methoxy groups -OCH3 is 1. The Balaban J connectivity index is 1.35. The number of halogens is 2. The number of esters is 1. The van der Waals surface area contributed by atoms with Crippen molar-refractivity contribution in [3.8, 4) is 17.2 Å². The lowest BCUT2D eigenvalue weighted by atomic mass is 9.95. The van der Waals surface area contributed by atoms with Gasteiger partial charge in [0.05, 0.1) is 45.4 Å². The molecule has 0 spiro atoms. The summed E-state index contributed by atoms with van der Waals surface area (Å²) in [6.07, 6.45) is 1.43. The molecule has 1 aliphatic rings. The van der Waals surface area contributed by atoms with E-state index in [9.17, 15) is 24.5 Å². The molecule has 0 radical (unpaired) electrons. The van der Waals surface area contributed by atoms with Crippen molar-refractivity contribution >= 4 is 61.7 Å². The number of nitrogens with one attached hydrogen (secondary N) is 3. The molecule has 3 amide bonds. The number of hydrogen-bond donors (Lipinski definition) is 3. The maximum atomic E-state index is 12.6. The fraction of sp³-hybridized carbons (Fsp3) is 0.226. The number of urea groups is 1. The van der Waals surface area contributed by atoms with E-state index in [1.165, 1.54) is 25.5 Å². The van der Waals surface area contributed by atoms with Crippen molar-refractivity contribution in [3.05, 3.63) is 102 Å². The molecule has 0 fully saturated rings. The van der Waals surface area contributed by atoms with Gasteiger partial charge in [-0.3, -0.25) is 14.9 Å². The van der Waals surface area contributed by atoms with E-state index in [4.69, 9.17) is 18.9 Å². The van der Waals surface area contributed by atoms with E-state index in [1.54, 1.807) is 56.3 Å². The van der Waals surface area contributed by atoms with Crippen LogP contribution in [0.3, 0.4) is 0 Å². The number of nitrogens with zero attached hydrogens (tertiary/aromatic N) is 2. The number of amides is 3. The zero-order valence-corrected chi connectivity index (χ0v) is 28.5. The van der Waals surface area contributed by atoms with Crippen LogP contribution in [0.4, 0.5) is 10.5 Å². The number of nitro benzene ring substituents is 1. The molecule has 1 heterocycles. The van der Waals surface area contributed by atoms with Crippen LogP contribution in [0.2, 0.25) is 0 Å². The van der Waals surface area contributed by atoms with Crippen LogP contribution in [0.5, 0.6) is 17.2 Å². The Morgan fingerprint density at radius 2 is 1.83 bits per heavy atom. The van der Waals surface area contributed by atoms with Crippen LogP contribution in [-0.2, 0) is 20.9 Å². The Bertz CT molecular complexity index is 1740. The SMILES string of the molecule is CCOC(=O)C1=C(C)NC(=O)N[C@@H]1c1ccc(OCC(=O)N/N=C\c2cc(Br)c(OCc3cccc([N+](=O)[O-])c3)c(Br)c2)c(OC)c1. The van der Waals surface area contributed by atoms with Gasteiger partial charge in [0.15, 0.2) is 18.1 Å². The number of rotatable bonds is 13. The maximum Gasteiger partial charge on any atom is 0.338 e. The molecule has 16 heteroatoms. The predicted molar refractivity (Wildman–Crippen MR) is 177 cm³/mol. The first-order valence-electron chi connectivity index (χ1n) is 13.9. The topological polar surface area (TPSA) is 180 Å². The Labute approximate surface area is 285 Å². The number of nitro groups is 1. The third-order valence-corrected chi connectivity index (χ3v) is 7.75. The summed E-state index contributed by atoms with van der Waals surface area (Å²) in [7, 11) is 1.42. The largest absolute Gasteiger partial charge is 0.493 e. The summed E-state index contributed by atoms with van der Waals surface area (Å²) < 4.78 is 23.3. The Kier molecular flexibility index (Phi) is 11.9. The number of non-ortho nitro benzene ring substituents is 1. The van der Waals surface area contributed by atoms with Crippen LogP contribution in [0.25, 0.3) is 0 Å². The van der Waals surface area contributed by atoms with Gasteiger partial charge in [-0.15, -0.1) is 0 Å². The van der Waals surface area contributed by atoms with Gasteiger partial charge in [0.1, 0.15) is 12.4 Å². The van der Waals surface area contributed by atoms with Gasteiger partial charge in [0.25, 0.3) is 11.6 Å². The minimum Gasteiger partial charge on any atom is -0.493 e. The number of benzene rings is 3. The van der Waals surface area contributed by atoms with Crippen molar-refractivity contribution in [2.45, 2.75) is 26.5 Å². The summed E-state index contributed by atoms with van der Waals surface area (Å²) in [5, 5.41) is 20.3. The molecular formula is C31H29Br2N5O9. The fourth-order valence-electron chi connectivity index (χ4n) is 4.47. The van der Waals surface area contributed by atoms with E-state index < -0.39 is 28.9 Å². The quantitative estimate of drug-likeness (QED) is 0.0884. The Hall–Kier alpha value is -4.96. The molecule has 0 bridgehead atoms. The van der Waals surface area contributed by atoms with Gasteiger partial charge in [-0.05, 0) is 86.7 Å². The molecular weight excluding hydrogens is 746 g/mol. The average molecular weight is 775 g/mol. The number of hydrazone groups is 1. The zero-order chi connectivity index (χ0) is 34.1. The van der Waals surface area contributed by atoms with E-state index in [2.05, 4.69) is 53.0 Å². The standard InChI is InChI=1S/C31H29Br2N5O9/c1-4-45-30(40)27-17(2)35-31(41)36-28(27)20-8-9-24(25(13-20)44-3)46-16-26(39)37-34-14-19-11-22(32)29(23(33)12-19)47-15-18-6-5-7-21(10-18)38(42)43/h5-14,28H,4,15-16H2,1-3H3,(H,37,39)(H2,35,36,41)/b34-14-/t28-/m1/s1. The van der Waals surface area contributed by atoms with Crippen molar-refractivity contribution in [2.75, 3.05) is 20.3 Å². The van der Waals surface area contributed by atoms with E-state index in [-0.39, 0.29) is 42.6 Å². The second-order valence-electron chi connectivity index (χ2n) is 9.81. The van der Waals surface area contributed by atoms with Crippen LogP contribution in [0.1, 0.15) is 36.6 Å². The van der Waals surface area contributed by atoms with Crippen molar-refractivity contribution in [2.24, 2.45) is 5.10 Å². The fourth-order valence-corrected chi connectivity index (χ4v) is 5.92. The van der Waals surface area contributed by atoms with Crippen LogP contribution < -0.4 is 30.3 Å². The molecule has 14 nitrogen and oxygen atoms in total. The first-order chi connectivity index (χ1) is 22.5. The second-order valence-corrected chi connectivity index (χ2v) is 11.5. The maximum absolute atomic E-state index is 12.6. The molecule has 246 valence electrons. The Morgan fingerprint density at radius 1 is 1.09 bits per heavy atom. The molecule has 3 aromatic carbocycles. The highest BCUT2D eigenvalue weighted by atomic mass is 79.9. The number of carbonyl (C=O) groups is 3. The van der Waals surface area contributed by atoms with E-state index in [0.717, 1.165) is 0 Å². The summed E-state index contributed by atoms with van der Waals surface area (Å²) in [5.41, 5.74) is 4.79. The molecule has 0 aliphatic carbocycles. The summed E-state index contributed by atoms with van der Waals surface area (Å²) in [6.45, 7) is 3.19. The van der Waals surface area contributed by atoms with E-state index in [0.29, 0.717) is 37.1 Å². The lowest BCUT2D eigenvalue weighted by Gasteiger charge is -2.28. The van der Waals surface area contributed by atoms with Crippen LogP contribution in [-0.4, -0.2) is 49.4 Å². The first-order valence-corrected chi connectivity index (χ1v) is 15.5. The van der Waals surface area contributed by atoms with Crippen molar-refractivity contribution < 1.29 is 38.3 Å². The van der Waals surface area contributed by atoms with Gasteiger partial charge in [-0.1, -0.05) is 18.2 Å². The molecule has 0 saturated carbocycles. The normalized spacial score (nSPS) is 14.2. The highest BCUT2D eigenvalue weighted by Crippen LogP contribution is 2.36. The third-order valence-electron chi connectivity index (χ3n) is 6.57. The average Bonchev–Trinajstić information content (AvgIpc) is 3.03. The molecule has 3 N–H and O–H groups in total. The monoisotopic (exact) mass is 773 g/mol. The summed E-state index contributed by atoms with van der Waals surface area (Å²) in [5.74, 6) is -0.105. The lowest BCUT2D eigenvalue weighted by molar-refractivity contribution is -0.384. The molecule has 1 aliphatic heterocycles. The van der Waals surface area contributed by atoms with Gasteiger partial charge in [0.2, 0.25) is 0 Å². The third kappa shape index (κ3) is 9.07.